The van der Waals surface area contributed by atoms with Crippen LogP contribution in [-0.4, -0.2) is 43.5 Å². The summed E-state index contributed by atoms with van der Waals surface area (Å²) in [6.45, 7) is 1.79. The molecule has 1 saturated heterocycles. The van der Waals surface area contributed by atoms with Crippen molar-refractivity contribution in [3.8, 4) is 5.75 Å². The largest absolute Gasteiger partial charge is 0.495 e. The fourth-order valence-corrected chi connectivity index (χ4v) is 4.43. The summed E-state index contributed by atoms with van der Waals surface area (Å²) in [7, 11) is -2.36. The third-order valence-electron chi connectivity index (χ3n) is 3.83. The van der Waals surface area contributed by atoms with Crippen LogP contribution in [0.1, 0.15) is 19.8 Å². The Balaban J connectivity index is 2.39. The average molecular weight is 313 g/mol. The molecule has 116 valence electrons. The van der Waals surface area contributed by atoms with Crippen molar-refractivity contribution >= 4 is 16.0 Å². The molecule has 0 amide bonds. The Kier molecular flexibility index (Phi) is 4.53. The normalized spacial score (nSPS) is 23.7. The molecule has 7 heteroatoms. The van der Waals surface area contributed by atoms with E-state index in [-0.39, 0.29) is 23.2 Å². The second-order valence-electron chi connectivity index (χ2n) is 5.19. The molecule has 1 aromatic carbocycles. The van der Waals surface area contributed by atoms with Crippen molar-refractivity contribution in [1.29, 1.82) is 0 Å². The first-order valence-corrected chi connectivity index (χ1v) is 8.19. The molecule has 2 atom stereocenters. The number of carboxylic acids is 1. The summed E-state index contributed by atoms with van der Waals surface area (Å²) in [5.41, 5.74) is 0. The van der Waals surface area contributed by atoms with Crippen LogP contribution in [0, 0.1) is 5.92 Å². The van der Waals surface area contributed by atoms with E-state index in [4.69, 9.17) is 9.84 Å². The zero-order valence-electron chi connectivity index (χ0n) is 12.0. The highest BCUT2D eigenvalue weighted by Gasteiger charge is 2.38. The lowest BCUT2D eigenvalue weighted by Gasteiger charge is -2.35. The number of piperidine rings is 1. The SMILES string of the molecule is COc1ccccc1S(=O)(=O)N1CC(C(=O)O)CCC1C. The molecule has 1 fully saturated rings. The van der Waals surface area contributed by atoms with Crippen LogP contribution in [0.15, 0.2) is 29.2 Å². The number of hydrogen-bond donors (Lipinski definition) is 1. The van der Waals surface area contributed by atoms with Crippen molar-refractivity contribution in [3.63, 3.8) is 0 Å². The minimum absolute atomic E-state index is 0.00309. The number of nitrogens with zero attached hydrogens (tertiary/aromatic N) is 1. The topological polar surface area (TPSA) is 83.9 Å². The molecule has 1 aliphatic heterocycles. The molecule has 0 bridgehead atoms. The second kappa shape index (κ2) is 6.03. The van der Waals surface area contributed by atoms with Gasteiger partial charge in [0.1, 0.15) is 10.6 Å². The average Bonchev–Trinajstić information content (AvgIpc) is 2.47. The molecule has 1 aromatic rings. The molecule has 21 heavy (non-hydrogen) atoms. The lowest BCUT2D eigenvalue weighted by Crippen LogP contribution is -2.47. The Hall–Kier alpha value is -1.60. The van der Waals surface area contributed by atoms with E-state index in [0.29, 0.717) is 12.8 Å². The van der Waals surface area contributed by atoms with Gasteiger partial charge in [-0.3, -0.25) is 4.79 Å². The Morgan fingerprint density at radius 1 is 1.33 bits per heavy atom. The van der Waals surface area contributed by atoms with Crippen LogP contribution in [0.4, 0.5) is 0 Å². The van der Waals surface area contributed by atoms with Crippen LogP contribution in [0.25, 0.3) is 0 Å². The molecule has 1 heterocycles. The number of para-hydroxylation sites is 1. The second-order valence-corrected chi connectivity index (χ2v) is 7.05. The summed E-state index contributed by atoms with van der Waals surface area (Å²) >= 11 is 0. The van der Waals surface area contributed by atoms with Crippen molar-refractivity contribution in [2.24, 2.45) is 5.92 Å². The molecule has 0 saturated carbocycles. The van der Waals surface area contributed by atoms with E-state index in [1.165, 1.54) is 17.5 Å². The lowest BCUT2D eigenvalue weighted by atomic mass is 9.96. The molecule has 0 aliphatic carbocycles. The van der Waals surface area contributed by atoms with Gasteiger partial charge in [-0.05, 0) is 31.9 Å². The first-order valence-electron chi connectivity index (χ1n) is 6.75. The van der Waals surface area contributed by atoms with E-state index in [1.807, 2.05) is 0 Å². The molecule has 6 nitrogen and oxygen atoms in total. The van der Waals surface area contributed by atoms with E-state index in [2.05, 4.69) is 0 Å². The van der Waals surface area contributed by atoms with Gasteiger partial charge in [-0.25, -0.2) is 8.42 Å². The van der Waals surface area contributed by atoms with Gasteiger partial charge >= 0.3 is 5.97 Å². The van der Waals surface area contributed by atoms with Gasteiger partial charge in [-0.15, -0.1) is 0 Å². The molecule has 0 aromatic heterocycles. The van der Waals surface area contributed by atoms with Crippen LogP contribution in [0.5, 0.6) is 5.75 Å². The summed E-state index contributed by atoms with van der Waals surface area (Å²) in [6, 6.07) is 6.15. The molecule has 2 rings (SSSR count). The van der Waals surface area contributed by atoms with Crippen LogP contribution in [-0.2, 0) is 14.8 Å². The third kappa shape index (κ3) is 3.03. The standard InChI is InChI=1S/C14H19NO5S/c1-10-7-8-11(14(16)17)9-15(10)21(18,19)13-6-4-3-5-12(13)20-2/h3-6,10-11H,7-9H2,1-2H3,(H,16,17). The molecule has 1 N–H and O–H groups in total. The Morgan fingerprint density at radius 3 is 2.62 bits per heavy atom. The summed E-state index contributed by atoms with van der Waals surface area (Å²) in [5, 5.41) is 9.13. The van der Waals surface area contributed by atoms with Crippen molar-refractivity contribution in [2.45, 2.75) is 30.7 Å². The smallest absolute Gasteiger partial charge is 0.307 e. The van der Waals surface area contributed by atoms with Gasteiger partial charge in [-0.1, -0.05) is 12.1 Å². The zero-order chi connectivity index (χ0) is 15.6. The van der Waals surface area contributed by atoms with E-state index >= 15 is 0 Å². The highest BCUT2D eigenvalue weighted by atomic mass is 32.2. The number of carboxylic acid groups (broad SMARTS) is 1. The fraction of sp³-hybridized carbons (Fsp3) is 0.500. The van der Waals surface area contributed by atoms with E-state index < -0.39 is 21.9 Å². The molecule has 2 unspecified atom stereocenters. The van der Waals surface area contributed by atoms with Crippen molar-refractivity contribution in [2.75, 3.05) is 13.7 Å². The highest BCUT2D eigenvalue weighted by Crippen LogP contribution is 2.32. The fourth-order valence-electron chi connectivity index (χ4n) is 2.57. The van der Waals surface area contributed by atoms with Crippen molar-refractivity contribution < 1.29 is 23.1 Å². The third-order valence-corrected chi connectivity index (χ3v) is 5.85. The van der Waals surface area contributed by atoms with Gasteiger partial charge in [0.2, 0.25) is 10.0 Å². The number of benzene rings is 1. The number of sulfonamides is 1. The van der Waals surface area contributed by atoms with Gasteiger partial charge in [0.05, 0.1) is 13.0 Å². The minimum Gasteiger partial charge on any atom is -0.495 e. The van der Waals surface area contributed by atoms with E-state index in [0.717, 1.165) is 0 Å². The minimum atomic E-state index is -3.78. The maximum absolute atomic E-state index is 12.8. The Bertz CT molecular complexity index is 628. The van der Waals surface area contributed by atoms with E-state index in [1.54, 1.807) is 25.1 Å². The molecular weight excluding hydrogens is 294 g/mol. The number of methoxy groups -OCH3 is 1. The van der Waals surface area contributed by atoms with E-state index in [9.17, 15) is 13.2 Å². The number of aliphatic carboxylic acids is 1. The van der Waals surface area contributed by atoms with Gasteiger partial charge in [0.15, 0.2) is 0 Å². The van der Waals surface area contributed by atoms with Crippen LogP contribution in [0.2, 0.25) is 0 Å². The predicted octanol–water partition coefficient (Wildman–Crippen LogP) is 1.57. The zero-order valence-corrected chi connectivity index (χ0v) is 12.8. The van der Waals surface area contributed by atoms with Crippen molar-refractivity contribution in [1.82, 2.24) is 4.31 Å². The summed E-state index contributed by atoms with van der Waals surface area (Å²) in [4.78, 5) is 11.2. The summed E-state index contributed by atoms with van der Waals surface area (Å²) in [5.74, 6) is -1.35. The number of rotatable bonds is 4. The van der Waals surface area contributed by atoms with Crippen LogP contribution < -0.4 is 4.74 Å². The van der Waals surface area contributed by atoms with Gasteiger partial charge in [0.25, 0.3) is 0 Å². The van der Waals surface area contributed by atoms with Gasteiger partial charge in [-0.2, -0.15) is 4.31 Å². The van der Waals surface area contributed by atoms with Gasteiger partial charge in [0, 0.05) is 12.6 Å². The summed E-state index contributed by atoms with van der Waals surface area (Å²) in [6.07, 6.45) is 1.03. The van der Waals surface area contributed by atoms with Crippen molar-refractivity contribution in [3.05, 3.63) is 24.3 Å². The maximum Gasteiger partial charge on any atom is 0.307 e. The maximum atomic E-state index is 12.8. The lowest BCUT2D eigenvalue weighted by molar-refractivity contribution is -0.143. The molecular formula is C14H19NO5S. The highest BCUT2D eigenvalue weighted by molar-refractivity contribution is 7.89. The van der Waals surface area contributed by atoms with Crippen LogP contribution in [0.3, 0.4) is 0 Å². The molecule has 0 spiro atoms. The Labute approximate surface area is 124 Å². The van der Waals surface area contributed by atoms with Crippen LogP contribution >= 0.6 is 0 Å². The molecule has 0 radical (unpaired) electrons. The predicted molar refractivity (Wildman–Crippen MR) is 76.7 cm³/mol. The first-order chi connectivity index (χ1) is 9.87. The number of ether oxygens (including phenoxy) is 1. The molecule has 1 aliphatic rings. The number of carbonyl (C=O) groups is 1. The monoisotopic (exact) mass is 313 g/mol. The van der Waals surface area contributed by atoms with Gasteiger partial charge < -0.3 is 9.84 Å². The quantitative estimate of drug-likeness (QED) is 0.912. The summed E-state index contributed by atoms with van der Waals surface area (Å²) < 4.78 is 32.0. The number of hydrogen-bond acceptors (Lipinski definition) is 4. The Morgan fingerprint density at radius 2 is 2.00 bits per heavy atom. The first kappa shape index (κ1) is 15.8.